The fourth-order valence-electron chi connectivity index (χ4n) is 1.04. The highest BCUT2D eigenvalue weighted by atomic mass is 16.4. The van der Waals surface area contributed by atoms with Gasteiger partial charge in [-0.25, -0.2) is 4.79 Å². The fraction of sp³-hybridized carbons (Fsp3) is 0.571. The molecule has 0 spiro atoms. The third kappa shape index (κ3) is 2.17. The lowest BCUT2D eigenvalue weighted by Gasteiger charge is -2.15. The molecule has 3 amide bonds. The minimum atomic E-state index is -0.979. The van der Waals surface area contributed by atoms with Gasteiger partial charge in [-0.3, -0.25) is 14.9 Å². The van der Waals surface area contributed by atoms with Crippen molar-refractivity contribution in [2.75, 3.05) is 13.1 Å². The number of amides is 3. The molecule has 0 saturated carbocycles. The maximum atomic E-state index is 10.9. The lowest BCUT2D eigenvalue weighted by molar-refractivity contribution is -0.141. The fourth-order valence-corrected chi connectivity index (χ4v) is 1.04. The Morgan fingerprint density at radius 2 is 2.31 bits per heavy atom. The SMILES string of the molecule is CC(CN1CC(=O)NC1=O)C(=O)O. The Morgan fingerprint density at radius 3 is 2.69 bits per heavy atom. The molecule has 1 fully saturated rings. The molecule has 2 N–H and O–H groups in total. The van der Waals surface area contributed by atoms with Crippen LogP contribution >= 0.6 is 0 Å². The molecule has 0 aromatic rings. The Morgan fingerprint density at radius 1 is 1.69 bits per heavy atom. The van der Waals surface area contributed by atoms with E-state index in [-0.39, 0.29) is 19.0 Å². The molecule has 0 aromatic carbocycles. The second kappa shape index (κ2) is 3.42. The summed E-state index contributed by atoms with van der Waals surface area (Å²) in [6, 6.07) is -0.516. The average molecular weight is 186 g/mol. The number of imide groups is 1. The van der Waals surface area contributed by atoms with E-state index < -0.39 is 17.9 Å². The van der Waals surface area contributed by atoms with E-state index in [1.165, 1.54) is 11.8 Å². The number of carbonyl (C=O) groups is 3. The van der Waals surface area contributed by atoms with E-state index in [1.807, 2.05) is 0 Å². The van der Waals surface area contributed by atoms with Gasteiger partial charge >= 0.3 is 12.0 Å². The first-order chi connectivity index (χ1) is 6.00. The van der Waals surface area contributed by atoms with Crippen LogP contribution in [0.5, 0.6) is 0 Å². The molecule has 1 saturated heterocycles. The van der Waals surface area contributed by atoms with Crippen molar-refractivity contribution in [3.63, 3.8) is 0 Å². The lowest BCUT2D eigenvalue weighted by atomic mass is 10.2. The molecule has 72 valence electrons. The van der Waals surface area contributed by atoms with Crippen molar-refractivity contribution >= 4 is 17.9 Å². The Balaban J connectivity index is 2.50. The molecule has 1 rings (SSSR count). The van der Waals surface area contributed by atoms with Crippen LogP contribution in [0.15, 0.2) is 0 Å². The van der Waals surface area contributed by atoms with Gasteiger partial charge in [-0.05, 0) is 0 Å². The Labute approximate surface area is 74.5 Å². The van der Waals surface area contributed by atoms with E-state index in [1.54, 1.807) is 0 Å². The Hall–Kier alpha value is -1.59. The zero-order valence-corrected chi connectivity index (χ0v) is 7.11. The van der Waals surface area contributed by atoms with Gasteiger partial charge < -0.3 is 10.0 Å². The number of carboxylic acid groups (broad SMARTS) is 1. The number of hydrogen-bond donors (Lipinski definition) is 2. The smallest absolute Gasteiger partial charge is 0.324 e. The highest BCUT2D eigenvalue weighted by molar-refractivity contribution is 6.02. The van der Waals surface area contributed by atoms with Crippen molar-refractivity contribution in [3.05, 3.63) is 0 Å². The van der Waals surface area contributed by atoms with Gasteiger partial charge in [-0.15, -0.1) is 0 Å². The van der Waals surface area contributed by atoms with E-state index >= 15 is 0 Å². The van der Waals surface area contributed by atoms with Crippen LogP contribution in [0, 0.1) is 5.92 Å². The zero-order chi connectivity index (χ0) is 10.0. The van der Waals surface area contributed by atoms with Gasteiger partial charge in [0.25, 0.3) is 0 Å². The van der Waals surface area contributed by atoms with Gasteiger partial charge in [0.2, 0.25) is 5.91 Å². The van der Waals surface area contributed by atoms with Crippen molar-refractivity contribution in [2.45, 2.75) is 6.92 Å². The number of rotatable bonds is 3. The highest BCUT2D eigenvalue weighted by Gasteiger charge is 2.29. The molecule has 1 aliphatic rings. The quantitative estimate of drug-likeness (QED) is 0.568. The van der Waals surface area contributed by atoms with Crippen LogP contribution < -0.4 is 5.32 Å². The molecule has 1 heterocycles. The zero-order valence-electron chi connectivity index (χ0n) is 7.11. The van der Waals surface area contributed by atoms with Crippen molar-refractivity contribution in [1.29, 1.82) is 0 Å². The molecule has 0 bridgehead atoms. The molecule has 0 aliphatic carbocycles. The summed E-state index contributed by atoms with van der Waals surface area (Å²) in [7, 11) is 0. The molecule has 0 aromatic heterocycles. The third-order valence-corrected chi connectivity index (χ3v) is 1.78. The number of aliphatic carboxylic acids is 1. The Kier molecular flexibility index (Phi) is 2.50. The molecule has 1 aliphatic heterocycles. The maximum Gasteiger partial charge on any atom is 0.324 e. The largest absolute Gasteiger partial charge is 0.481 e. The average Bonchev–Trinajstić information content (AvgIpc) is 2.30. The van der Waals surface area contributed by atoms with Gasteiger partial charge in [-0.1, -0.05) is 6.92 Å². The minimum absolute atomic E-state index is 0.0452. The number of urea groups is 1. The number of hydrogen-bond acceptors (Lipinski definition) is 3. The van der Waals surface area contributed by atoms with Crippen LogP contribution in [-0.4, -0.2) is 41.0 Å². The molecule has 6 heteroatoms. The van der Waals surface area contributed by atoms with E-state index in [0.29, 0.717) is 0 Å². The summed E-state index contributed by atoms with van der Waals surface area (Å²) in [6.45, 7) is 1.50. The lowest BCUT2D eigenvalue weighted by Crippen LogP contribution is -2.34. The second-order valence-electron chi connectivity index (χ2n) is 2.97. The van der Waals surface area contributed by atoms with Crippen LogP contribution in [0.2, 0.25) is 0 Å². The monoisotopic (exact) mass is 186 g/mol. The van der Waals surface area contributed by atoms with Gasteiger partial charge in [0, 0.05) is 6.54 Å². The van der Waals surface area contributed by atoms with Gasteiger partial charge in [0.05, 0.1) is 5.92 Å². The minimum Gasteiger partial charge on any atom is -0.481 e. The van der Waals surface area contributed by atoms with Crippen molar-refractivity contribution in [1.82, 2.24) is 10.2 Å². The molecular formula is C7H10N2O4. The van der Waals surface area contributed by atoms with Crippen LogP contribution in [0.25, 0.3) is 0 Å². The number of nitrogens with one attached hydrogen (secondary N) is 1. The van der Waals surface area contributed by atoms with Crippen LogP contribution in [0.4, 0.5) is 4.79 Å². The Bertz CT molecular complexity index is 263. The standard InChI is InChI=1S/C7H10N2O4/c1-4(6(11)12)2-9-3-5(10)8-7(9)13/h4H,2-3H2,1H3,(H,11,12)(H,8,10,13). The number of carbonyl (C=O) groups excluding carboxylic acids is 2. The summed E-state index contributed by atoms with van der Waals surface area (Å²) in [5.41, 5.74) is 0. The van der Waals surface area contributed by atoms with Crippen LogP contribution in [-0.2, 0) is 9.59 Å². The number of nitrogens with zero attached hydrogens (tertiary/aromatic N) is 1. The van der Waals surface area contributed by atoms with Gasteiger partial charge in [0.15, 0.2) is 0 Å². The van der Waals surface area contributed by atoms with E-state index in [4.69, 9.17) is 5.11 Å². The normalized spacial score (nSPS) is 18.7. The van der Waals surface area contributed by atoms with Crippen molar-refractivity contribution in [3.8, 4) is 0 Å². The summed E-state index contributed by atoms with van der Waals surface area (Å²) < 4.78 is 0. The third-order valence-electron chi connectivity index (χ3n) is 1.78. The summed E-state index contributed by atoms with van der Waals surface area (Å²) in [5.74, 6) is -2.02. The van der Waals surface area contributed by atoms with E-state index in [0.717, 1.165) is 0 Å². The predicted molar refractivity (Wildman–Crippen MR) is 41.9 cm³/mol. The van der Waals surface area contributed by atoms with Crippen LogP contribution in [0.1, 0.15) is 6.92 Å². The van der Waals surface area contributed by atoms with E-state index in [2.05, 4.69) is 5.32 Å². The summed E-state index contributed by atoms with van der Waals surface area (Å²) in [4.78, 5) is 33.3. The van der Waals surface area contributed by atoms with Gasteiger partial charge in [0.1, 0.15) is 6.54 Å². The van der Waals surface area contributed by atoms with Crippen LogP contribution in [0.3, 0.4) is 0 Å². The molecule has 1 unspecified atom stereocenters. The summed E-state index contributed by atoms with van der Waals surface area (Å²) in [6.07, 6.45) is 0. The van der Waals surface area contributed by atoms with Crippen molar-refractivity contribution in [2.24, 2.45) is 5.92 Å². The first-order valence-electron chi connectivity index (χ1n) is 3.82. The van der Waals surface area contributed by atoms with Crippen molar-refractivity contribution < 1.29 is 19.5 Å². The highest BCUT2D eigenvalue weighted by Crippen LogP contribution is 2.04. The topological polar surface area (TPSA) is 86.7 Å². The molecule has 0 radical (unpaired) electrons. The first-order valence-corrected chi connectivity index (χ1v) is 3.82. The van der Waals surface area contributed by atoms with E-state index in [9.17, 15) is 14.4 Å². The summed E-state index contributed by atoms with van der Waals surface area (Å²) >= 11 is 0. The molecular weight excluding hydrogens is 176 g/mol. The maximum absolute atomic E-state index is 10.9. The molecule has 13 heavy (non-hydrogen) atoms. The first kappa shape index (κ1) is 9.50. The summed E-state index contributed by atoms with van der Waals surface area (Å²) in [5, 5.41) is 10.6. The second-order valence-corrected chi connectivity index (χ2v) is 2.97. The van der Waals surface area contributed by atoms with Gasteiger partial charge in [-0.2, -0.15) is 0 Å². The molecule has 6 nitrogen and oxygen atoms in total. The molecule has 1 atom stereocenters. The number of carboxylic acids is 1. The predicted octanol–water partition coefficient (Wildman–Crippen LogP) is -0.741.